The topological polar surface area (TPSA) is 35.2 Å². The molecule has 0 saturated heterocycles. The molecule has 0 amide bonds. The van der Waals surface area contributed by atoms with Gasteiger partial charge in [0.1, 0.15) is 11.9 Å². The Hall–Kier alpha value is -1.02. The van der Waals surface area contributed by atoms with Crippen LogP contribution in [0.4, 0.5) is 0 Å². The average molecular weight is 233 g/mol. The van der Waals surface area contributed by atoms with Crippen molar-refractivity contribution in [2.24, 2.45) is 5.73 Å². The predicted molar refractivity (Wildman–Crippen MR) is 71.5 cm³/mol. The molecule has 1 aromatic rings. The third-order valence-corrected chi connectivity index (χ3v) is 3.37. The van der Waals surface area contributed by atoms with Crippen LogP contribution in [0.15, 0.2) is 18.2 Å². The number of rotatable bonds is 2. The van der Waals surface area contributed by atoms with Crippen LogP contribution >= 0.6 is 0 Å². The molecule has 1 aromatic carbocycles. The molecule has 0 heterocycles. The first-order chi connectivity index (χ1) is 7.86. The third kappa shape index (κ3) is 2.81. The second-order valence-corrected chi connectivity index (χ2v) is 6.22. The summed E-state index contributed by atoms with van der Waals surface area (Å²) in [5.41, 5.74) is 8.44. The maximum atomic E-state index is 6.08. The highest BCUT2D eigenvalue weighted by Crippen LogP contribution is 2.34. The Morgan fingerprint density at radius 3 is 2.41 bits per heavy atom. The zero-order chi connectivity index (χ0) is 12.6. The van der Waals surface area contributed by atoms with Gasteiger partial charge < -0.3 is 10.5 Å². The van der Waals surface area contributed by atoms with Crippen molar-refractivity contribution < 1.29 is 4.74 Å². The van der Waals surface area contributed by atoms with Gasteiger partial charge in [-0.25, -0.2) is 0 Å². The summed E-state index contributed by atoms with van der Waals surface area (Å²) in [6.07, 6.45) is 2.28. The molecule has 0 spiro atoms. The first-order valence-electron chi connectivity index (χ1n) is 6.39. The molecular weight excluding hydrogens is 210 g/mol. The summed E-state index contributed by atoms with van der Waals surface area (Å²) in [5, 5.41) is 0. The summed E-state index contributed by atoms with van der Waals surface area (Å²) >= 11 is 0. The number of ether oxygens (including phenoxy) is 1. The summed E-state index contributed by atoms with van der Waals surface area (Å²) in [4.78, 5) is 0. The van der Waals surface area contributed by atoms with Gasteiger partial charge in [-0.05, 0) is 42.4 Å². The van der Waals surface area contributed by atoms with E-state index in [2.05, 4.69) is 45.9 Å². The summed E-state index contributed by atoms with van der Waals surface area (Å²) in [6, 6.07) is 6.82. The van der Waals surface area contributed by atoms with E-state index in [-0.39, 0.29) is 5.41 Å². The number of hydrogen-bond acceptors (Lipinski definition) is 2. The van der Waals surface area contributed by atoms with Crippen molar-refractivity contribution in [2.45, 2.75) is 58.1 Å². The first-order valence-corrected chi connectivity index (χ1v) is 6.39. The quantitative estimate of drug-likeness (QED) is 0.851. The van der Waals surface area contributed by atoms with Gasteiger partial charge in [-0.15, -0.1) is 0 Å². The lowest BCUT2D eigenvalue weighted by Crippen LogP contribution is -2.43. The average Bonchev–Trinajstić information content (AvgIpc) is 2.13. The van der Waals surface area contributed by atoms with Crippen molar-refractivity contribution in [1.29, 1.82) is 0 Å². The lowest BCUT2D eigenvalue weighted by atomic mass is 9.85. The van der Waals surface area contributed by atoms with Gasteiger partial charge in [-0.2, -0.15) is 0 Å². The van der Waals surface area contributed by atoms with Gasteiger partial charge in [0.2, 0.25) is 0 Å². The van der Waals surface area contributed by atoms with Crippen molar-refractivity contribution in [3.63, 3.8) is 0 Å². The van der Waals surface area contributed by atoms with E-state index in [4.69, 9.17) is 10.5 Å². The molecule has 2 rings (SSSR count). The van der Waals surface area contributed by atoms with E-state index >= 15 is 0 Å². The highest BCUT2D eigenvalue weighted by Gasteiger charge is 2.29. The fourth-order valence-electron chi connectivity index (χ4n) is 2.23. The molecule has 0 atom stereocenters. The molecule has 0 aliphatic heterocycles. The van der Waals surface area contributed by atoms with Gasteiger partial charge in [-0.3, -0.25) is 0 Å². The molecule has 17 heavy (non-hydrogen) atoms. The summed E-state index contributed by atoms with van der Waals surface area (Å²) < 4.78 is 6.08. The van der Waals surface area contributed by atoms with Crippen LogP contribution in [0.2, 0.25) is 0 Å². The first kappa shape index (κ1) is 12.4. The van der Waals surface area contributed by atoms with Crippen molar-refractivity contribution >= 4 is 0 Å². The van der Waals surface area contributed by atoms with E-state index in [1.165, 1.54) is 11.1 Å². The van der Waals surface area contributed by atoms with Crippen LogP contribution in [0.25, 0.3) is 0 Å². The van der Waals surface area contributed by atoms with Crippen molar-refractivity contribution in [3.8, 4) is 5.75 Å². The van der Waals surface area contributed by atoms with Crippen molar-refractivity contribution in [2.75, 3.05) is 0 Å². The minimum atomic E-state index is 0.120. The Bertz CT molecular complexity index is 400. The fourth-order valence-corrected chi connectivity index (χ4v) is 2.23. The second kappa shape index (κ2) is 4.34. The number of hydrogen-bond donors (Lipinski definition) is 1. The van der Waals surface area contributed by atoms with Crippen LogP contribution in [0.5, 0.6) is 5.75 Å². The van der Waals surface area contributed by atoms with Gasteiger partial charge in [0.25, 0.3) is 0 Å². The second-order valence-electron chi connectivity index (χ2n) is 6.22. The maximum Gasteiger partial charge on any atom is 0.123 e. The maximum absolute atomic E-state index is 6.08. The Labute approximate surface area is 104 Å². The van der Waals surface area contributed by atoms with Crippen LogP contribution in [-0.2, 0) is 5.41 Å². The molecule has 1 aliphatic carbocycles. The lowest BCUT2D eigenvalue weighted by Gasteiger charge is -2.34. The van der Waals surface area contributed by atoms with Crippen LogP contribution in [0.3, 0.4) is 0 Å². The molecule has 1 fully saturated rings. The number of nitrogens with two attached hydrogens (primary N) is 1. The molecule has 2 heteroatoms. The summed E-state index contributed by atoms with van der Waals surface area (Å²) in [6.45, 7) is 8.76. The molecular formula is C15H23NO. The normalized spacial score (nSPS) is 24.3. The molecule has 2 nitrogen and oxygen atoms in total. The van der Waals surface area contributed by atoms with Crippen molar-refractivity contribution in [3.05, 3.63) is 29.3 Å². The molecule has 2 N–H and O–H groups in total. The Balaban J connectivity index is 2.21. The minimum Gasteiger partial charge on any atom is -0.490 e. The van der Waals surface area contributed by atoms with Crippen molar-refractivity contribution in [1.82, 2.24) is 0 Å². The Morgan fingerprint density at radius 1 is 1.24 bits per heavy atom. The molecule has 1 saturated carbocycles. The van der Waals surface area contributed by atoms with E-state index in [1.54, 1.807) is 0 Å². The summed E-state index contributed by atoms with van der Waals surface area (Å²) in [7, 11) is 0. The van der Waals surface area contributed by atoms with Crippen LogP contribution < -0.4 is 10.5 Å². The van der Waals surface area contributed by atoms with E-state index < -0.39 is 0 Å². The van der Waals surface area contributed by atoms with Gasteiger partial charge in [0.15, 0.2) is 0 Å². The summed E-state index contributed by atoms with van der Waals surface area (Å²) in [5.74, 6) is 1.04. The number of aryl methyl sites for hydroxylation is 1. The highest BCUT2D eigenvalue weighted by atomic mass is 16.5. The molecule has 0 aromatic heterocycles. The molecule has 0 bridgehead atoms. The Morgan fingerprint density at radius 2 is 1.88 bits per heavy atom. The van der Waals surface area contributed by atoms with Crippen LogP contribution in [0, 0.1) is 6.92 Å². The van der Waals surface area contributed by atoms with E-state index in [0.717, 1.165) is 18.6 Å². The van der Waals surface area contributed by atoms with E-state index in [0.29, 0.717) is 12.1 Å². The Kier molecular flexibility index (Phi) is 3.17. The zero-order valence-electron chi connectivity index (χ0n) is 11.3. The van der Waals surface area contributed by atoms with Crippen LogP contribution in [-0.4, -0.2) is 12.1 Å². The number of benzene rings is 1. The zero-order valence-corrected chi connectivity index (χ0v) is 11.3. The predicted octanol–water partition coefficient (Wildman–Crippen LogP) is 3.16. The molecule has 1 aliphatic rings. The van der Waals surface area contributed by atoms with Gasteiger partial charge >= 0.3 is 0 Å². The van der Waals surface area contributed by atoms with E-state index in [1.807, 2.05) is 0 Å². The van der Waals surface area contributed by atoms with Gasteiger partial charge in [-0.1, -0.05) is 32.9 Å². The fraction of sp³-hybridized carbons (Fsp3) is 0.600. The van der Waals surface area contributed by atoms with Crippen LogP contribution in [0.1, 0.15) is 44.7 Å². The highest BCUT2D eigenvalue weighted by molar-refractivity contribution is 5.41. The van der Waals surface area contributed by atoms with Gasteiger partial charge in [0.05, 0.1) is 0 Å². The van der Waals surface area contributed by atoms with E-state index in [9.17, 15) is 0 Å². The molecule has 0 radical (unpaired) electrons. The lowest BCUT2D eigenvalue weighted by molar-refractivity contribution is 0.0986. The standard InChI is InChI=1S/C15H23NO/c1-10-5-6-13(15(2,3)4)14(7-10)17-12-8-11(16)9-12/h5-7,11-12H,8-9,16H2,1-4H3. The largest absolute Gasteiger partial charge is 0.490 e. The SMILES string of the molecule is Cc1ccc(C(C)(C)C)c(OC2CC(N)C2)c1. The molecule has 0 unspecified atom stereocenters. The minimum absolute atomic E-state index is 0.120. The van der Waals surface area contributed by atoms with Gasteiger partial charge in [0, 0.05) is 6.04 Å². The molecule has 94 valence electrons. The monoisotopic (exact) mass is 233 g/mol. The third-order valence-electron chi connectivity index (χ3n) is 3.37. The smallest absolute Gasteiger partial charge is 0.123 e.